The summed E-state index contributed by atoms with van der Waals surface area (Å²) in [5, 5.41) is 31.2. The van der Waals surface area contributed by atoms with Crippen LogP contribution in [0.15, 0.2) is 0 Å². The molecule has 12 heteroatoms. The topological polar surface area (TPSA) is 199 Å². The maximum absolute atomic E-state index is 12.6. The second kappa shape index (κ2) is 10.4. The SMILES string of the molecule is NC(CO)C(=O)NCC(=O)NC(CCC(=O)O)C(=O)N1CCCC1C(=O)O. The van der Waals surface area contributed by atoms with Crippen molar-refractivity contribution < 1.29 is 39.3 Å². The number of rotatable bonds is 10. The lowest BCUT2D eigenvalue weighted by Gasteiger charge is -2.27. The fourth-order valence-corrected chi connectivity index (χ4v) is 2.64. The Bertz CT molecular complexity index is 596. The number of nitrogens with one attached hydrogen (secondary N) is 2. The molecule has 1 aliphatic rings. The Hall–Kier alpha value is -2.73. The molecule has 0 aromatic rings. The highest BCUT2D eigenvalue weighted by Crippen LogP contribution is 2.19. The molecule has 27 heavy (non-hydrogen) atoms. The van der Waals surface area contributed by atoms with Gasteiger partial charge in [-0.15, -0.1) is 0 Å². The number of aliphatic hydroxyl groups excluding tert-OH is 1. The molecular formula is C15H24N4O8. The van der Waals surface area contributed by atoms with Crippen molar-refractivity contribution in [2.24, 2.45) is 5.73 Å². The zero-order valence-corrected chi connectivity index (χ0v) is 14.6. The molecule has 7 N–H and O–H groups in total. The average Bonchev–Trinajstić information content (AvgIpc) is 3.11. The molecule has 152 valence electrons. The van der Waals surface area contributed by atoms with E-state index < -0.39 is 67.4 Å². The molecule has 1 rings (SSSR count). The highest BCUT2D eigenvalue weighted by atomic mass is 16.4. The van der Waals surface area contributed by atoms with Crippen molar-refractivity contribution in [2.75, 3.05) is 19.7 Å². The van der Waals surface area contributed by atoms with Crippen LogP contribution in [-0.2, 0) is 24.0 Å². The van der Waals surface area contributed by atoms with E-state index in [-0.39, 0.29) is 19.4 Å². The molecule has 12 nitrogen and oxygen atoms in total. The van der Waals surface area contributed by atoms with Crippen molar-refractivity contribution in [3.05, 3.63) is 0 Å². The van der Waals surface area contributed by atoms with E-state index >= 15 is 0 Å². The van der Waals surface area contributed by atoms with Crippen LogP contribution >= 0.6 is 0 Å². The molecule has 0 saturated carbocycles. The minimum atomic E-state index is -1.24. The zero-order valence-electron chi connectivity index (χ0n) is 14.6. The molecule has 0 spiro atoms. The van der Waals surface area contributed by atoms with E-state index in [2.05, 4.69) is 10.6 Å². The third kappa shape index (κ3) is 6.83. The summed E-state index contributed by atoms with van der Waals surface area (Å²) in [5.74, 6) is -4.59. The van der Waals surface area contributed by atoms with Gasteiger partial charge in [-0.05, 0) is 19.3 Å². The predicted molar refractivity (Wildman–Crippen MR) is 89.2 cm³/mol. The van der Waals surface area contributed by atoms with Gasteiger partial charge in [0.2, 0.25) is 17.7 Å². The Balaban J connectivity index is 2.74. The molecule has 0 aliphatic carbocycles. The Morgan fingerprint density at radius 1 is 1.19 bits per heavy atom. The molecule has 3 unspecified atom stereocenters. The van der Waals surface area contributed by atoms with Crippen LogP contribution in [-0.4, -0.2) is 87.7 Å². The van der Waals surface area contributed by atoms with E-state index in [1.54, 1.807) is 0 Å². The number of nitrogens with two attached hydrogens (primary N) is 1. The van der Waals surface area contributed by atoms with Crippen LogP contribution in [0.25, 0.3) is 0 Å². The minimum absolute atomic E-state index is 0.192. The second-order valence-corrected chi connectivity index (χ2v) is 6.09. The van der Waals surface area contributed by atoms with E-state index in [0.29, 0.717) is 6.42 Å². The third-order valence-electron chi connectivity index (χ3n) is 4.06. The van der Waals surface area contributed by atoms with Crippen molar-refractivity contribution in [2.45, 2.75) is 43.8 Å². The largest absolute Gasteiger partial charge is 0.481 e. The van der Waals surface area contributed by atoms with Gasteiger partial charge in [0.05, 0.1) is 13.2 Å². The van der Waals surface area contributed by atoms with Gasteiger partial charge in [-0.3, -0.25) is 19.2 Å². The van der Waals surface area contributed by atoms with Crippen LogP contribution in [0.5, 0.6) is 0 Å². The average molecular weight is 388 g/mol. The normalized spacial score (nSPS) is 18.4. The van der Waals surface area contributed by atoms with Crippen molar-refractivity contribution in [1.29, 1.82) is 0 Å². The Morgan fingerprint density at radius 3 is 2.41 bits per heavy atom. The smallest absolute Gasteiger partial charge is 0.326 e. The summed E-state index contributed by atoms with van der Waals surface area (Å²) in [4.78, 5) is 59.2. The molecule has 1 saturated heterocycles. The number of hydrogen-bond donors (Lipinski definition) is 6. The molecule has 0 aromatic carbocycles. The van der Waals surface area contributed by atoms with E-state index in [1.807, 2.05) is 0 Å². The number of carbonyl (C=O) groups excluding carboxylic acids is 3. The maximum atomic E-state index is 12.6. The Labute approximate surface area is 154 Å². The van der Waals surface area contributed by atoms with Crippen LogP contribution in [0.4, 0.5) is 0 Å². The Morgan fingerprint density at radius 2 is 1.85 bits per heavy atom. The van der Waals surface area contributed by atoms with Crippen LogP contribution < -0.4 is 16.4 Å². The van der Waals surface area contributed by atoms with Gasteiger partial charge in [-0.2, -0.15) is 0 Å². The van der Waals surface area contributed by atoms with Crippen LogP contribution in [0.2, 0.25) is 0 Å². The number of aliphatic carboxylic acids is 2. The van der Waals surface area contributed by atoms with Gasteiger partial charge in [0.25, 0.3) is 0 Å². The monoisotopic (exact) mass is 388 g/mol. The van der Waals surface area contributed by atoms with E-state index in [0.717, 1.165) is 4.90 Å². The molecule has 1 fully saturated rings. The summed E-state index contributed by atoms with van der Waals surface area (Å²) in [5.41, 5.74) is 5.28. The minimum Gasteiger partial charge on any atom is -0.481 e. The van der Waals surface area contributed by atoms with Gasteiger partial charge >= 0.3 is 11.9 Å². The second-order valence-electron chi connectivity index (χ2n) is 6.09. The zero-order chi connectivity index (χ0) is 20.6. The van der Waals surface area contributed by atoms with Gasteiger partial charge < -0.3 is 36.6 Å². The fourth-order valence-electron chi connectivity index (χ4n) is 2.64. The summed E-state index contributed by atoms with van der Waals surface area (Å²) in [6.07, 6.45) is 0.115. The molecular weight excluding hydrogens is 364 g/mol. The number of nitrogens with zero attached hydrogens (tertiary/aromatic N) is 1. The summed E-state index contributed by atoms with van der Waals surface area (Å²) < 4.78 is 0. The molecule has 3 amide bonds. The summed E-state index contributed by atoms with van der Waals surface area (Å²) in [6.45, 7) is -0.957. The fraction of sp³-hybridized carbons (Fsp3) is 0.667. The van der Waals surface area contributed by atoms with Gasteiger partial charge in [0, 0.05) is 13.0 Å². The summed E-state index contributed by atoms with van der Waals surface area (Å²) in [7, 11) is 0. The first-order valence-electron chi connectivity index (χ1n) is 8.36. The molecule has 3 atom stereocenters. The lowest BCUT2D eigenvalue weighted by atomic mass is 10.1. The first-order chi connectivity index (χ1) is 12.7. The lowest BCUT2D eigenvalue weighted by molar-refractivity contribution is -0.149. The highest BCUT2D eigenvalue weighted by molar-refractivity contribution is 5.93. The van der Waals surface area contributed by atoms with Gasteiger partial charge in [0.1, 0.15) is 18.1 Å². The van der Waals surface area contributed by atoms with E-state index in [9.17, 15) is 29.1 Å². The number of amides is 3. The van der Waals surface area contributed by atoms with Crippen molar-refractivity contribution in [3.8, 4) is 0 Å². The number of aliphatic hydroxyl groups is 1. The van der Waals surface area contributed by atoms with E-state index in [4.69, 9.17) is 15.9 Å². The molecule has 1 aliphatic heterocycles. The van der Waals surface area contributed by atoms with Gasteiger partial charge in [0.15, 0.2) is 0 Å². The van der Waals surface area contributed by atoms with Gasteiger partial charge in [-0.1, -0.05) is 0 Å². The van der Waals surface area contributed by atoms with Crippen molar-refractivity contribution in [1.82, 2.24) is 15.5 Å². The number of carboxylic acids is 2. The van der Waals surface area contributed by atoms with Gasteiger partial charge in [-0.25, -0.2) is 4.79 Å². The molecule has 1 heterocycles. The Kier molecular flexibility index (Phi) is 8.62. The van der Waals surface area contributed by atoms with E-state index in [1.165, 1.54) is 0 Å². The van der Waals surface area contributed by atoms with Crippen LogP contribution in [0, 0.1) is 0 Å². The van der Waals surface area contributed by atoms with Crippen LogP contribution in [0.1, 0.15) is 25.7 Å². The summed E-state index contributed by atoms with van der Waals surface area (Å²) in [6, 6.07) is -3.47. The van der Waals surface area contributed by atoms with Crippen molar-refractivity contribution in [3.63, 3.8) is 0 Å². The van der Waals surface area contributed by atoms with Crippen molar-refractivity contribution >= 4 is 29.7 Å². The van der Waals surface area contributed by atoms with Crippen LogP contribution in [0.3, 0.4) is 0 Å². The number of likely N-dealkylation sites (tertiary alicyclic amines) is 1. The lowest BCUT2D eigenvalue weighted by Crippen LogP contribution is -2.54. The first-order valence-corrected chi connectivity index (χ1v) is 8.36. The first kappa shape index (κ1) is 22.3. The molecule has 0 aromatic heterocycles. The summed E-state index contributed by atoms with van der Waals surface area (Å²) >= 11 is 0. The molecule has 0 bridgehead atoms. The highest BCUT2D eigenvalue weighted by Gasteiger charge is 2.37. The maximum Gasteiger partial charge on any atom is 0.326 e. The predicted octanol–water partition coefficient (Wildman–Crippen LogP) is -3.15. The number of carbonyl (C=O) groups is 5. The quantitative estimate of drug-likeness (QED) is 0.223. The number of hydrogen-bond acceptors (Lipinski definition) is 7. The standard InChI is InChI=1S/C15H24N4O8/c16-8(7-20)13(24)17-6-11(21)18-9(3-4-12(22)23)14(25)19-5-1-2-10(19)15(26)27/h8-10,20H,1-7,16H2,(H,17,24)(H,18,21)(H,22,23)(H,26,27). The molecule has 0 radical (unpaired) electrons. The number of carboxylic acid groups (broad SMARTS) is 2. The third-order valence-corrected chi connectivity index (χ3v) is 4.06.